The molecule has 2 aromatic rings. The molecule has 1 amide bonds. The van der Waals surface area contributed by atoms with Crippen molar-refractivity contribution >= 4 is 17.4 Å². The van der Waals surface area contributed by atoms with Crippen LogP contribution in [-0.2, 0) is 0 Å². The molecule has 2 rings (SSSR count). The SMILES string of the molecule is CC(=O)c1ccc(NC(=O)c2cc(F)ccc2C)cc1. The summed E-state index contributed by atoms with van der Waals surface area (Å²) in [5.74, 6) is -0.867. The highest BCUT2D eigenvalue weighted by Crippen LogP contribution is 2.15. The first-order chi connectivity index (χ1) is 9.47. The summed E-state index contributed by atoms with van der Waals surface area (Å²) in [7, 11) is 0. The molecular formula is C16H14FNO2. The molecule has 0 spiro atoms. The molecular weight excluding hydrogens is 257 g/mol. The molecule has 102 valence electrons. The molecule has 0 saturated heterocycles. The van der Waals surface area contributed by atoms with Crippen molar-refractivity contribution in [1.29, 1.82) is 0 Å². The number of benzene rings is 2. The third-order valence-electron chi connectivity index (χ3n) is 2.99. The maximum atomic E-state index is 13.2. The third kappa shape index (κ3) is 3.09. The van der Waals surface area contributed by atoms with Gasteiger partial charge in [0.25, 0.3) is 5.91 Å². The average Bonchev–Trinajstić information content (AvgIpc) is 2.42. The van der Waals surface area contributed by atoms with Gasteiger partial charge < -0.3 is 5.32 Å². The molecule has 0 aromatic heterocycles. The number of halogens is 1. The van der Waals surface area contributed by atoms with Gasteiger partial charge in [-0.25, -0.2) is 4.39 Å². The Hall–Kier alpha value is -2.49. The highest BCUT2D eigenvalue weighted by atomic mass is 19.1. The Morgan fingerprint density at radius 1 is 1.05 bits per heavy atom. The molecule has 20 heavy (non-hydrogen) atoms. The maximum absolute atomic E-state index is 13.2. The number of hydrogen-bond donors (Lipinski definition) is 1. The van der Waals surface area contributed by atoms with Crippen molar-refractivity contribution in [3.63, 3.8) is 0 Å². The van der Waals surface area contributed by atoms with Gasteiger partial charge in [-0.15, -0.1) is 0 Å². The Balaban J connectivity index is 2.19. The second-order valence-electron chi connectivity index (χ2n) is 4.55. The minimum atomic E-state index is -0.451. The van der Waals surface area contributed by atoms with Crippen LogP contribution in [0.15, 0.2) is 42.5 Å². The number of carbonyl (C=O) groups excluding carboxylic acids is 2. The lowest BCUT2D eigenvalue weighted by molar-refractivity contribution is 0.101. The summed E-state index contributed by atoms with van der Waals surface area (Å²) in [4.78, 5) is 23.2. The van der Waals surface area contributed by atoms with Gasteiger partial charge in [0.05, 0.1) is 0 Å². The second-order valence-corrected chi connectivity index (χ2v) is 4.55. The fraction of sp³-hybridized carbons (Fsp3) is 0.125. The van der Waals surface area contributed by atoms with Crippen molar-refractivity contribution in [2.75, 3.05) is 5.32 Å². The molecule has 0 aliphatic carbocycles. The van der Waals surface area contributed by atoms with E-state index in [2.05, 4.69) is 5.32 Å². The first kappa shape index (κ1) is 13.9. The van der Waals surface area contributed by atoms with Crippen LogP contribution < -0.4 is 5.32 Å². The third-order valence-corrected chi connectivity index (χ3v) is 2.99. The Morgan fingerprint density at radius 3 is 2.30 bits per heavy atom. The summed E-state index contributed by atoms with van der Waals surface area (Å²) in [6.45, 7) is 3.22. The number of amides is 1. The highest BCUT2D eigenvalue weighted by molar-refractivity contribution is 6.05. The van der Waals surface area contributed by atoms with E-state index in [1.54, 1.807) is 37.3 Å². The van der Waals surface area contributed by atoms with E-state index in [-0.39, 0.29) is 11.7 Å². The molecule has 0 saturated carbocycles. The van der Waals surface area contributed by atoms with Crippen LogP contribution in [-0.4, -0.2) is 11.7 Å². The summed E-state index contributed by atoms with van der Waals surface area (Å²) in [6, 6.07) is 10.6. The average molecular weight is 271 g/mol. The van der Waals surface area contributed by atoms with Crippen LogP contribution >= 0.6 is 0 Å². The molecule has 0 atom stereocenters. The van der Waals surface area contributed by atoms with Crippen LogP contribution in [0.4, 0.5) is 10.1 Å². The standard InChI is InChI=1S/C16H14FNO2/c1-10-3-6-13(17)9-15(10)16(20)18-14-7-4-12(5-8-14)11(2)19/h3-9H,1-2H3,(H,18,20). The molecule has 0 aliphatic heterocycles. The van der Waals surface area contributed by atoms with E-state index in [0.29, 0.717) is 22.4 Å². The predicted molar refractivity (Wildman–Crippen MR) is 75.5 cm³/mol. The minimum Gasteiger partial charge on any atom is -0.322 e. The van der Waals surface area contributed by atoms with E-state index >= 15 is 0 Å². The molecule has 0 bridgehead atoms. The van der Waals surface area contributed by atoms with Crippen LogP contribution in [0, 0.1) is 12.7 Å². The van der Waals surface area contributed by atoms with Crippen LogP contribution in [0.25, 0.3) is 0 Å². The Morgan fingerprint density at radius 2 is 1.70 bits per heavy atom. The van der Waals surface area contributed by atoms with Crippen LogP contribution in [0.5, 0.6) is 0 Å². The van der Waals surface area contributed by atoms with Gasteiger partial charge >= 0.3 is 0 Å². The number of rotatable bonds is 3. The van der Waals surface area contributed by atoms with E-state index in [0.717, 1.165) is 0 Å². The van der Waals surface area contributed by atoms with Gasteiger partial charge in [-0.05, 0) is 55.8 Å². The molecule has 0 heterocycles. The highest BCUT2D eigenvalue weighted by Gasteiger charge is 2.10. The van der Waals surface area contributed by atoms with Crippen molar-refractivity contribution in [3.05, 3.63) is 65.0 Å². The topological polar surface area (TPSA) is 46.2 Å². The Bertz CT molecular complexity index is 663. The summed E-state index contributed by atoms with van der Waals surface area (Å²) in [5, 5.41) is 2.68. The molecule has 0 fully saturated rings. The molecule has 3 nitrogen and oxygen atoms in total. The van der Waals surface area contributed by atoms with Gasteiger partial charge in [-0.1, -0.05) is 6.07 Å². The number of hydrogen-bond acceptors (Lipinski definition) is 2. The molecule has 0 radical (unpaired) electrons. The number of anilines is 1. The Labute approximate surface area is 116 Å². The number of Topliss-reactive ketones (excluding diaryl/α,β-unsaturated/α-hetero) is 1. The first-order valence-corrected chi connectivity index (χ1v) is 6.16. The maximum Gasteiger partial charge on any atom is 0.256 e. The summed E-state index contributed by atoms with van der Waals surface area (Å²) in [5.41, 5.74) is 2.12. The zero-order chi connectivity index (χ0) is 14.7. The summed E-state index contributed by atoms with van der Waals surface area (Å²) in [6.07, 6.45) is 0. The van der Waals surface area contributed by atoms with Gasteiger partial charge in [0.1, 0.15) is 5.82 Å². The summed E-state index contributed by atoms with van der Waals surface area (Å²) >= 11 is 0. The van der Waals surface area contributed by atoms with Gasteiger partial charge in [0.15, 0.2) is 5.78 Å². The first-order valence-electron chi connectivity index (χ1n) is 6.16. The minimum absolute atomic E-state index is 0.0381. The molecule has 4 heteroatoms. The van der Waals surface area contributed by atoms with Crippen molar-refractivity contribution in [2.24, 2.45) is 0 Å². The largest absolute Gasteiger partial charge is 0.322 e. The lowest BCUT2D eigenvalue weighted by Gasteiger charge is -2.08. The van der Waals surface area contributed by atoms with Crippen LogP contribution in [0.2, 0.25) is 0 Å². The Kier molecular flexibility index (Phi) is 3.94. The lowest BCUT2D eigenvalue weighted by atomic mass is 10.1. The number of ketones is 1. The smallest absolute Gasteiger partial charge is 0.256 e. The monoisotopic (exact) mass is 271 g/mol. The molecule has 0 unspecified atom stereocenters. The molecule has 2 aromatic carbocycles. The van der Waals surface area contributed by atoms with Gasteiger partial charge in [0.2, 0.25) is 0 Å². The predicted octanol–water partition coefficient (Wildman–Crippen LogP) is 3.59. The van der Waals surface area contributed by atoms with Gasteiger partial charge in [0, 0.05) is 16.8 Å². The molecule has 1 N–H and O–H groups in total. The van der Waals surface area contributed by atoms with Crippen molar-refractivity contribution in [1.82, 2.24) is 0 Å². The second kappa shape index (κ2) is 5.65. The van der Waals surface area contributed by atoms with Crippen LogP contribution in [0.1, 0.15) is 33.2 Å². The lowest BCUT2D eigenvalue weighted by Crippen LogP contribution is -2.13. The zero-order valence-electron chi connectivity index (χ0n) is 11.2. The fourth-order valence-electron chi connectivity index (χ4n) is 1.83. The van der Waals surface area contributed by atoms with E-state index in [1.807, 2.05) is 0 Å². The summed E-state index contributed by atoms with van der Waals surface area (Å²) < 4.78 is 13.2. The van der Waals surface area contributed by atoms with Crippen molar-refractivity contribution < 1.29 is 14.0 Å². The number of aryl methyl sites for hydroxylation is 1. The normalized spacial score (nSPS) is 10.2. The fourth-order valence-corrected chi connectivity index (χ4v) is 1.83. The van der Waals surface area contributed by atoms with E-state index in [1.165, 1.54) is 19.1 Å². The number of carbonyl (C=O) groups is 2. The van der Waals surface area contributed by atoms with Crippen molar-refractivity contribution in [3.8, 4) is 0 Å². The van der Waals surface area contributed by atoms with Crippen LogP contribution in [0.3, 0.4) is 0 Å². The quantitative estimate of drug-likeness (QED) is 0.867. The van der Waals surface area contributed by atoms with Gasteiger partial charge in [-0.3, -0.25) is 9.59 Å². The van der Waals surface area contributed by atoms with E-state index in [4.69, 9.17) is 0 Å². The van der Waals surface area contributed by atoms with Gasteiger partial charge in [-0.2, -0.15) is 0 Å². The zero-order valence-corrected chi connectivity index (χ0v) is 11.2. The van der Waals surface area contributed by atoms with E-state index < -0.39 is 5.82 Å². The van der Waals surface area contributed by atoms with Crippen molar-refractivity contribution in [2.45, 2.75) is 13.8 Å². The number of nitrogens with one attached hydrogen (secondary N) is 1. The molecule has 0 aliphatic rings. The van der Waals surface area contributed by atoms with E-state index in [9.17, 15) is 14.0 Å².